The number of benzene rings is 2. The van der Waals surface area contributed by atoms with E-state index in [0.717, 1.165) is 28.2 Å². The monoisotopic (exact) mass is 370 g/mol. The summed E-state index contributed by atoms with van der Waals surface area (Å²) in [5.74, 6) is 2.96. The minimum atomic E-state index is -0.372. The van der Waals surface area contributed by atoms with Gasteiger partial charge in [-0.25, -0.2) is 0 Å². The van der Waals surface area contributed by atoms with Gasteiger partial charge in [-0.15, -0.1) is 0 Å². The van der Waals surface area contributed by atoms with Crippen molar-refractivity contribution in [3.8, 4) is 23.0 Å². The lowest BCUT2D eigenvalue weighted by atomic mass is 9.99. The minimum Gasteiger partial charge on any atom is -0.493 e. The lowest BCUT2D eigenvalue weighted by Crippen LogP contribution is -2.20. The largest absolute Gasteiger partial charge is 0.493 e. The van der Waals surface area contributed by atoms with Crippen LogP contribution in [-0.4, -0.2) is 27.6 Å². The summed E-state index contributed by atoms with van der Waals surface area (Å²) in [6, 6.07) is 9.84. The second-order valence-corrected chi connectivity index (χ2v) is 6.42. The van der Waals surface area contributed by atoms with E-state index in [9.17, 15) is 0 Å². The molecule has 0 radical (unpaired) electrons. The summed E-state index contributed by atoms with van der Waals surface area (Å²) in [5.41, 5.74) is 3.17. The number of methoxy groups -OCH3 is 3. The molecule has 0 spiro atoms. The van der Waals surface area contributed by atoms with E-state index in [-0.39, 0.29) is 12.2 Å². The molecule has 0 aromatic heterocycles. The molecule has 1 heterocycles. The molecule has 2 aromatic rings. The van der Waals surface area contributed by atoms with Crippen LogP contribution in [0.15, 0.2) is 36.4 Å². The number of ether oxygens (including phenoxy) is 5. The third kappa shape index (κ3) is 3.88. The standard InChI is InChI=1S/C22H26O5/c1-6-7-15-10-17-14(2)22(27-21(17)20(11-15)25-5)26-13-16-8-9-18(23-3)19(12-16)24-4/h6-12,14,22H,13H2,1-5H3/b7-6+/t14-,22-/m1/s1. The highest BCUT2D eigenvalue weighted by Gasteiger charge is 2.34. The van der Waals surface area contributed by atoms with Crippen molar-refractivity contribution in [2.45, 2.75) is 32.7 Å². The maximum absolute atomic E-state index is 6.07. The van der Waals surface area contributed by atoms with Gasteiger partial charge in [-0.3, -0.25) is 0 Å². The van der Waals surface area contributed by atoms with Crippen LogP contribution in [0.4, 0.5) is 0 Å². The second kappa shape index (κ2) is 8.35. The zero-order valence-electron chi connectivity index (χ0n) is 16.4. The molecular formula is C22H26O5. The molecule has 0 saturated heterocycles. The van der Waals surface area contributed by atoms with Gasteiger partial charge in [-0.1, -0.05) is 25.1 Å². The second-order valence-electron chi connectivity index (χ2n) is 6.42. The van der Waals surface area contributed by atoms with Crippen LogP contribution in [0.25, 0.3) is 6.08 Å². The normalized spacial score (nSPS) is 18.3. The van der Waals surface area contributed by atoms with Gasteiger partial charge >= 0.3 is 0 Å². The molecule has 0 saturated carbocycles. The third-order valence-electron chi connectivity index (χ3n) is 4.68. The fraction of sp³-hybridized carbons (Fsp3) is 0.364. The Balaban J connectivity index is 1.76. The molecule has 3 rings (SSSR count). The molecule has 0 aliphatic carbocycles. The summed E-state index contributed by atoms with van der Waals surface area (Å²) in [6.45, 7) is 4.51. The summed E-state index contributed by atoms with van der Waals surface area (Å²) in [6.07, 6.45) is 3.68. The highest BCUT2D eigenvalue weighted by Crippen LogP contribution is 2.45. The summed E-state index contributed by atoms with van der Waals surface area (Å²) in [4.78, 5) is 0. The predicted octanol–water partition coefficient (Wildman–Crippen LogP) is 4.78. The van der Waals surface area contributed by atoms with Crippen molar-refractivity contribution >= 4 is 6.08 Å². The molecule has 1 aliphatic rings. The first kappa shape index (κ1) is 19.1. The quantitative estimate of drug-likeness (QED) is 0.702. The van der Waals surface area contributed by atoms with Gasteiger partial charge in [0.2, 0.25) is 6.29 Å². The molecule has 0 fully saturated rings. The smallest absolute Gasteiger partial charge is 0.207 e. The molecule has 2 aromatic carbocycles. The fourth-order valence-electron chi connectivity index (χ4n) is 3.24. The lowest BCUT2D eigenvalue weighted by molar-refractivity contribution is -0.0882. The number of allylic oxidation sites excluding steroid dienone is 1. The fourth-order valence-corrected chi connectivity index (χ4v) is 3.24. The maximum Gasteiger partial charge on any atom is 0.207 e. The Kier molecular flexibility index (Phi) is 5.91. The molecule has 27 heavy (non-hydrogen) atoms. The van der Waals surface area contributed by atoms with E-state index in [1.54, 1.807) is 21.3 Å². The number of hydrogen-bond acceptors (Lipinski definition) is 5. The molecular weight excluding hydrogens is 344 g/mol. The molecule has 1 aliphatic heterocycles. The average molecular weight is 370 g/mol. The van der Waals surface area contributed by atoms with Crippen LogP contribution in [0.2, 0.25) is 0 Å². The number of hydrogen-bond donors (Lipinski definition) is 0. The van der Waals surface area contributed by atoms with Gasteiger partial charge in [-0.2, -0.15) is 0 Å². The van der Waals surface area contributed by atoms with Crippen molar-refractivity contribution in [3.05, 3.63) is 53.1 Å². The molecule has 0 amide bonds. The zero-order valence-corrected chi connectivity index (χ0v) is 16.4. The Bertz CT molecular complexity index is 828. The van der Waals surface area contributed by atoms with Gasteiger partial charge in [0.15, 0.2) is 23.0 Å². The van der Waals surface area contributed by atoms with E-state index in [4.69, 9.17) is 23.7 Å². The van der Waals surface area contributed by atoms with Crippen molar-refractivity contribution in [1.82, 2.24) is 0 Å². The Hall–Kier alpha value is -2.66. The van der Waals surface area contributed by atoms with Gasteiger partial charge in [0, 0.05) is 11.5 Å². The summed E-state index contributed by atoms with van der Waals surface area (Å²) in [7, 11) is 4.89. The average Bonchev–Trinajstić information content (AvgIpc) is 3.01. The number of rotatable bonds is 7. The molecule has 144 valence electrons. The summed E-state index contributed by atoms with van der Waals surface area (Å²) < 4.78 is 28.3. The van der Waals surface area contributed by atoms with Crippen LogP contribution < -0.4 is 18.9 Å². The van der Waals surface area contributed by atoms with Crippen molar-refractivity contribution in [2.24, 2.45) is 0 Å². The molecule has 0 unspecified atom stereocenters. The Morgan fingerprint density at radius 1 is 0.963 bits per heavy atom. The van der Waals surface area contributed by atoms with Gasteiger partial charge in [0.25, 0.3) is 0 Å². The van der Waals surface area contributed by atoms with E-state index >= 15 is 0 Å². The van der Waals surface area contributed by atoms with Crippen LogP contribution >= 0.6 is 0 Å². The van der Waals surface area contributed by atoms with Crippen molar-refractivity contribution in [1.29, 1.82) is 0 Å². The third-order valence-corrected chi connectivity index (χ3v) is 4.68. The van der Waals surface area contributed by atoms with Crippen molar-refractivity contribution in [3.63, 3.8) is 0 Å². The first-order valence-electron chi connectivity index (χ1n) is 8.95. The van der Waals surface area contributed by atoms with E-state index in [1.807, 2.05) is 43.3 Å². The molecule has 0 bridgehead atoms. The van der Waals surface area contributed by atoms with Crippen molar-refractivity contribution < 1.29 is 23.7 Å². The van der Waals surface area contributed by atoms with Crippen LogP contribution in [0.1, 0.15) is 36.5 Å². The highest BCUT2D eigenvalue weighted by atomic mass is 16.7. The molecule has 5 heteroatoms. The van der Waals surface area contributed by atoms with Gasteiger partial charge in [0.05, 0.1) is 27.9 Å². The first-order chi connectivity index (χ1) is 13.1. The van der Waals surface area contributed by atoms with E-state index < -0.39 is 0 Å². The molecule has 2 atom stereocenters. The van der Waals surface area contributed by atoms with Gasteiger partial charge < -0.3 is 23.7 Å². The van der Waals surface area contributed by atoms with E-state index in [1.165, 1.54) is 0 Å². The lowest BCUT2D eigenvalue weighted by Gasteiger charge is -2.17. The predicted molar refractivity (Wildman–Crippen MR) is 105 cm³/mol. The molecule has 0 N–H and O–H groups in total. The summed E-state index contributed by atoms with van der Waals surface area (Å²) in [5, 5.41) is 0. The van der Waals surface area contributed by atoms with Crippen LogP contribution in [-0.2, 0) is 11.3 Å². The zero-order chi connectivity index (χ0) is 19.4. The highest BCUT2D eigenvalue weighted by molar-refractivity contribution is 5.61. The van der Waals surface area contributed by atoms with E-state index in [0.29, 0.717) is 18.1 Å². The van der Waals surface area contributed by atoms with Crippen LogP contribution in [0, 0.1) is 0 Å². The van der Waals surface area contributed by atoms with Crippen molar-refractivity contribution in [2.75, 3.05) is 21.3 Å². The number of fused-ring (bicyclic) bond motifs is 1. The maximum atomic E-state index is 6.07. The minimum absolute atomic E-state index is 0.0965. The van der Waals surface area contributed by atoms with E-state index in [2.05, 4.69) is 13.0 Å². The van der Waals surface area contributed by atoms with Gasteiger partial charge in [-0.05, 0) is 42.3 Å². The van der Waals surface area contributed by atoms with Gasteiger partial charge in [0.1, 0.15) is 0 Å². The Morgan fingerprint density at radius 3 is 2.37 bits per heavy atom. The SMILES string of the molecule is C/C=C/c1cc(OC)c2c(c1)[C@@H](C)[C@H](OCc1ccc(OC)c(OC)c1)O2. The van der Waals surface area contributed by atoms with Crippen LogP contribution in [0.3, 0.4) is 0 Å². The summed E-state index contributed by atoms with van der Waals surface area (Å²) >= 11 is 0. The molecule has 5 nitrogen and oxygen atoms in total. The Labute approximate surface area is 160 Å². The van der Waals surface area contributed by atoms with Crippen LogP contribution in [0.5, 0.6) is 23.0 Å². The first-order valence-corrected chi connectivity index (χ1v) is 8.95. The Morgan fingerprint density at radius 2 is 1.70 bits per heavy atom. The topological polar surface area (TPSA) is 46.2 Å².